The third kappa shape index (κ3) is 4.50. The van der Waals surface area contributed by atoms with Crippen molar-refractivity contribution in [3.8, 4) is 5.69 Å². The lowest BCUT2D eigenvalue weighted by molar-refractivity contribution is -0.123. The molecule has 0 radical (unpaired) electrons. The van der Waals surface area contributed by atoms with E-state index in [4.69, 9.17) is 0 Å². The number of aryl methyl sites for hydroxylation is 1. The molecule has 0 aliphatic rings. The molecule has 0 atom stereocenters. The summed E-state index contributed by atoms with van der Waals surface area (Å²) in [5.74, 6) is -0.488. The molecule has 132 valence electrons. The highest BCUT2D eigenvalue weighted by molar-refractivity contribution is 5.94. The maximum atomic E-state index is 12.0. The fraction of sp³-hybridized carbons (Fsp3) is 0.167. The fourth-order valence-corrected chi connectivity index (χ4v) is 2.49. The van der Waals surface area contributed by atoms with Gasteiger partial charge in [-0.05, 0) is 46.7 Å². The van der Waals surface area contributed by atoms with Crippen LogP contribution in [0.4, 0.5) is 5.69 Å². The number of hydrogen-bond acceptors (Lipinski definition) is 5. The van der Waals surface area contributed by atoms with Crippen LogP contribution in [0, 0.1) is 6.92 Å². The van der Waals surface area contributed by atoms with Crippen LogP contribution in [0.25, 0.3) is 5.69 Å². The molecule has 1 aromatic heterocycles. The second-order valence-corrected chi connectivity index (χ2v) is 5.74. The maximum Gasteiger partial charge on any atom is 0.243 e. The second kappa shape index (κ2) is 8.02. The zero-order chi connectivity index (χ0) is 18.4. The lowest BCUT2D eigenvalue weighted by Gasteiger charge is -2.10. The van der Waals surface area contributed by atoms with Gasteiger partial charge < -0.3 is 10.6 Å². The van der Waals surface area contributed by atoms with Crippen LogP contribution in [0.1, 0.15) is 11.1 Å². The fourth-order valence-electron chi connectivity index (χ4n) is 2.49. The molecule has 0 unspecified atom stereocenters. The number of amides is 2. The first kappa shape index (κ1) is 17.3. The summed E-state index contributed by atoms with van der Waals surface area (Å²) >= 11 is 0. The summed E-state index contributed by atoms with van der Waals surface area (Å²) in [6.45, 7) is 1.81. The Morgan fingerprint density at radius 2 is 1.88 bits per heavy atom. The van der Waals surface area contributed by atoms with Gasteiger partial charge in [-0.3, -0.25) is 9.59 Å². The van der Waals surface area contributed by atoms with Gasteiger partial charge in [0.25, 0.3) is 0 Å². The van der Waals surface area contributed by atoms with E-state index in [0.29, 0.717) is 5.69 Å². The van der Waals surface area contributed by atoms with Crippen LogP contribution in [-0.2, 0) is 16.0 Å². The first-order valence-corrected chi connectivity index (χ1v) is 8.06. The van der Waals surface area contributed by atoms with Crippen molar-refractivity contribution in [1.82, 2.24) is 25.5 Å². The highest BCUT2D eigenvalue weighted by Gasteiger charge is 2.09. The van der Waals surface area contributed by atoms with Gasteiger partial charge in [-0.25, -0.2) is 4.68 Å². The van der Waals surface area contributed by atoms with Crippen molar-refractivity contribution in [2.24, 2.45) is 0 Å². The van der Waals surface area contributed by atoms with Crippen LogP contribution in [0.2, 0.25) is 0 Å². The van der Waals surface area contributed by atoms with Crippen LogP contribution < -0.4 is 10.6 Å². The Morgan fingerprint density at radius 1 is 1.08 bits per heavy atom. The van der Waals surface area contributed by atoms with Gasteiger partial charge in [-0.2, -0.15) is 0 Å². The average molecular weight is 350 g/mol. The van der Waals surface area contributed by atoms with E-state index >= 15 is 0 Å². The normalized spacial score (nSPS) is 10.3. The molecule has 3 rings (SSSR count). The number of tetrazole rings is 1. The van der Waals surface area contributed by atoms with Gasteiger partial charge in [-0.15, -0.1) is 5.10 Å². The van der Waals surface area contributed by atoms with Gasteiger partial charge in [-0.1, -0.05) is 30.3 Å². The molecule has 0 spiro atoms. The van der Waals surface area contributed by atoms with Crippen LogP contribution in [0.15, 0.2) is 54.9 Å². The smallest absolute Gasteiger partial charge is 0.243 e. The number of aromatic nitrogens is 4. The predicted molar refractivity (Wildman–Crippen MR) is 95.7 cm³/mol. The quantitative estimate of drug-likeness (QED) is 0.697. The molecule has 8 nitrogen and oxygen atoms in total. The third-order valence-corrected chi connectivity index (χ3v) is 3.73. The van der Waals surface area contributed by atoms with E-state index in [0.717, 1.165) is 16.8 Å². The van der Waals surface area contributed by atoms with Crippen LogP contribution >= 0.6 is 0 Å². The lowest BCUT2D eigenvalue weighted by atomic mass is 10.1. The Kier molecular flexibility index (Phi) is 5.33. The van der Waals surface area contributed by atoms with Crippen molar-refractivity contribution in [3.63, 3.8) is 0 Å². The van der Waals surface area contributed by atoms with E-state index in [-0.39, 0.29) is 24.8 Å². The molecule has 3 aromatic rings. The highest BCUT2D eigenvalue weighted by atomic mass is 16.2. The van der Waals surface area contributed by atoms with Crippen molar-refractivity contribution in [3.05, 3.63) is 66.0 Å². The Morgan fingerprint density at radius 3 is 2.58 bits per heavy atom. The number of rotatable bonds is 6. The van der Waals surface area contributed by atoms with Gasteiger partial charge in [0.2, 0.25) is 11.8 Å². The van der Waals surface area contributed by atoms with E-state index in [1.54, 1.807) is 10.7 Å². The van der Waals surface area contributed by atoms with Crippen molar-refractivity contribution in [2.75, 3.05) is 11.9 Å². The number of hydrogen-bond donors (Lipinski definition) is 2. The Hall–Kier alpha value is -3.55. The molecule has 2 N–H and O–H groups in total. The van der Waals surface area contributed by atoms with Crippen molar-refractivity contribution >= 4 is 17.5 Å². The molecule has 2 amide bonds. The van der Waals surface area contributed by atoms with E-state index in [2.05, 4.69) is 26.2 Å². The monoisotopic (exact) mass is 350 g/mol. The summed E-state index contributed by atoms with van der Waals surface area (Å²) in [6, 6.07) is 14.8. The van der Waals surface area contributed by atoms with E-state index in [9.17, 15) is 9.59 Å². The number of benzene rings is 2. The van der Waals surface area contributed by atoms with E-state index < -0.39 is 0 Å². The Labute approximate surface area is 150 Å². The number of nitrogens with zero attached hydrogens (tertiary/aromatic N) is 4. The first-order valence-electron chi connectivity index (χ1n) is 8.06. The molecule has 0 bridgehead atoms. The molecule has 0 fully saturated rings. The van der Waals surface area contributed by atoms with Gasteiger partial charge in [0.15, 0.2) is 0 Å². The van der Waals surface area contributed by atoms with Crippen molar-refractivity contribution in [2.45, 2.75) is 13.3 Å². The highest BCUT2D eigenvalue weighted by Crippen LogP contribution is 2.17. The molecule has 0 aliphatic carbocycles. The molecule has 0 saturated carbocycles. The molecule has 0 aliphatic heterocycles. The third-order valence-electron chi connectivity index (χ3n) is 3.73. The largest absolute Gasteiger partial charge is 0.347 e. The second-order valence-electron chi connectivity index (χ2n) is 5.74. The van der Waals surface area contributed by atoms with Gasteiger partial charge in [0.1, 0.15) is 6.33 Å². The van der Waals surface area contributed by atoms with Crippen LogP contribution in [0.3, 0.4) is 0 Å². The number of carbonyl (C=O) groups is 2. The molecule has 0 saturated heterocycles. The number of anilines is 1. The SMILES string of the molecule is Cc1cc(NC(=O)CNC(=O)Cc2ccccc2)ccc1-n1cnnn1. The minimum absolute atomic E-state index is 0.0839. The topological polar surface area (TPSA) is 102 Å². The standard InChI is InChI=1S/C18H18N6O2/c1-13-9-15(7-8-16(13)24-12-20-22-23-24)21-18(26)11-19-17(25)10-14-5-3-2-4-6-14/h2-9,12H,10-11H2,1H3,(H,19,25)(H,21,26). The van der Waals surface area contributed by atoms with E-state index in [1.165, 1.54) is 6.33 Å². The Bertz CT molecular complexity index is 893. The summed E-state index contributed by atoms with van der Waals surface area (Å²) in [7, 11) is 0. The van der Waals surface area contributed by atoms with Crippen molar-refractivity contribution < 1.29 is 9.59 Å². The van der Waals surface area contributed by atoms with Crippen LogP contribution in [0.5, 0.6) is 0 Å². The molecule has 26 heavy (non-hydrogen) atoms. The number of carbonyl (C=O) groups excluding carboxylic acids is 2. The summed E-state index contributed by atoms with van der Waals surface area (Å²) in [5, 5.41) is 16.4. The summed E-state index contributed by atoms with van der Waals surface area (Å²) in [4.78, 5) is 23.9. The summed E-state index contributed by atoms with van der Waals surface area (Å²) < 4.78 is 1.55. The van der Waals surface area contributed by atoms with Gasteiger partial charge in [0, 0.05) is 5.69 Å². The Balaban J connectivity index is 1.52. The molecule has 2 aromatic carbocycles. The maximum absolute atomic E-state index is 12.0. The zero-order valence-corrected chi connectivity index (χ0v) is 14.2. The van der Waals surface area contributed by atoms with Crippen molar-refractivity contribution in [1.29, 1.82) is 0 Å². The average Bonchev–Trinajstić information content (AvgIpc) is 3.15. The van der Waals surface area contributed by atoms with Crippen LogP contribution in [-0.4, -0.2) is 38.6 Å². The summed E-state index contributed by atoms with van der Waals surface area (Å²) in [5.41, 5.74) is 3.27. The summed E-state index contributed by atoms with van der Waals surface area (Å²) in [6.07, 6.45) is 1.75. The lowest BCUT2D eigenvalue weighted by Crippen LogP contribution is -2.33. The molecule has 8 heteroatoms. The first-order chi connectivity index (χ1) is 12.6. The van der Waals surface area contributed by atoms with E-state index in [1.807, 2.05) is 49.4 Å². The minimum atomic E-state index is -0.291. The van der Waals surface area contributed by atoms with Gasteiger partial charge in [0.05, 0.1) is 18.7 Å². The predicted octanol–water partition coefficient (Wildman–Crippen LogP) is 1.27. The minimum Gasteiger partial charge on any atom is -0.347 e. The molecular weight excluding hydrogens is 332 g/mol. The zero-order valence-electron chi connectivity index (χ0n) is 14.2. The molecule has 1 heterocycles. The number of nitrogens with one attached hydrogen (secondary N) is 2. The molecular formula is C18H18N6O2. The van der Waals surface area contributed by atoms with Gasteiger partial charge >= 0.3 is 0 Å².